The highest BCUT2D eigenvalue weighted by atomic mass is 35.5. The molecule has 3 rings (SSSR count). The van der Waals surface area contributed by atoms with Crippen LogP contribution >= 0.6 is 22.9 Å². The highest BCUT2D eigenvalue weighted by molar-refractivity contribution is 7.20. The summed E-state index contributed by atoms with van der Waals surface area (Å²) in [5.41, 5.74) is 1.96. The fourth-order valence-electron chi connectivity index (χ4n) is 1.70. The number of hydrogen-bond acceptors (Lipinski definition) is 3. The van der Waals surface area contributed by atoms with E-state index in [1.807, 2.05) is 43.6 Å². The van der Waals surface area contributed by atoms with Gasteiger partial charge in [0.05, 0.1) is 21.4 Å². The van der Waals surface area contributed by atoms with Crippen LogP contribution in [0.5, 0.6) is 0 Å². The molecular formula is C13H10ClN3S. The number of aryl methyl sites for hydroxylation is 1. The van der Waals surface area contributed by atoms with Crippen molar-refractivity contribution in [3.05, 3.63) is 47.2 Å². The molecule has 2 aromatic heterocycles. The van der Waals surface area contributed by atoms with E-state index in [-0.39, 0.29) is 0 Å². The lowest BCUT2D eigenvalue weighted by Crippen LogP contribution is -1.83. The first-order valence-corrected chi connectivity index (χ1v) is 6.63. The number of hydrogen-bond donors (Lipinski definition) is 0. The van der Waals surface area contributed by atoms with E-state index in [1.165, 1.54) is 0 Å². The molecule has 0 saturated heterocycles. The summed E-state index contributed by atoms with van der Waals surface area (Å²) in [4.78, 5) is 4.51. The first-order chi connectivity index (χ1) is 8.72. The molecule has 0 bridgehead atoms. The molecule has 0 aliphatic heterocycles. The third kappa shape index (κ3) is 2.17. The topological polar surface area (TPSA) is 30.7 Å². The fourth-order valence-corrected chi connectivity index (χ4v) is 2.85. The monoisotopic (exact) mass is 275 g/mol. The van der Waals surface area contributed by atoms with Gasteiger partial charge < -0.3 is 0 Å². The Morgan fingerprint density at radius 3 is 2.94 bits per heavy atom. The Labute approximate surface area is 113 Å². The third-order valence-electron chi connectivity index (χ3n) is 2.52. The van der Waals surface area contributed by atoms with Crippen molar-refractivity contribution in [3.63, 3.8) is 0 Å². The van der Waals surface area contributed by atoms with E-state index >= 15 is 0 Å². The lowest BCUT2D eigenvalue weighted by atomic mass is 10.3. The zero-order valence-electron chi connectivity index (χ0n) is 9.67. The summed E-state index contributed by atoms with van der Waals surface area (Å²) in [6.07, 6.45) is 5.57. The van der Waals surface area contributed by atoms with Gasteiger partial charge in [-0.05, 0) is 18.2 Å². The molecule has 0 saturated carbocycles. The van der Waals surface area contributed by atoms with Crippen LogP contribution in [0.15, 0.2) is 36.7 Å². The molecule has 0 radical (unpaired) electrons. The van der Waals surface area contributed by atoms with Crippen molar-refractivity contribution in [1.82, 2.24) is 14.8 Å². The zero-order chi connectivity index (χ0) is 12.5. The molecule has 0 unspecified atom stereocenters. The smallest absolute Gasteiger partial charge is 0.136 e. The third-order valence-corrected chi connectivity index (χ3v) is 3.99. The molecule has 90 valence electrons. The van der Waals surface area contributed by atoms with Gasteiger partial charge in [-0.15, -0.1) is 11.3 Å². The largest absolute Gasteiger partial charge is 0.275 e. The number of para-hydroxylation sites is 1. The van der Waals surface area contributed by atoms with Crippen LogP contribution in [0.25, 0.3) is 21.3 Å². The summed E-state index contributed by atoms with van der Waals surface area (Å²) in [6, 6.07) is 8.02. The van der Waals surface area contributed by atoms with E-state index < -0.39 is 0 Å². The average molecular weight is 276 g/mol. The van der Waals surface area contributed by atoms with Gasteiger partial charge in [-0.1, -0.05) is 23.7 Å². The molecule has 0 aliphatic carbocycles. The standard InChI is InChI=1S/C13H10ClN3S/c1-17-8-9(7-15-17)6-10(14)13-16-11-4-2-3-5-12(11)18-13/h2-8H,1H3. The summed E-state index contributed by atoms with van der Waals surface area (Å²) < 4.78 is 2.89. The van der Waals surface area contributed by atoms with E-state index in [4.69, 9.17) is 11.6 Å². The Morgan fingerprint density at radius 1 is 1.39 bits per heavy atom. The Balaban J connectivity index is 2.01. The van der Waals surface area contributed by atoms with E-state index in [0.29, 0.717) is 5.03 Å². The first-order valence-electron chi connectivity index (χ1n) is 5.44. The predicted octanol–water partition coefficient (Wildman–Crippen LogP) is 3.77. The van der Waals surface area contributed by atoms with Crippen LogP contribution in [0.1, 0.15) is 10.6 Å². The second kappa shape index (κ2) is 4.55. The Hall–Kier alpha value is -1.65. The number of halogens is 1. The highest BCUT2D eigenvalue weighted by Crippen LogP contribution is 2.30. The maximum absolute atomic E-state index is 6.29. The summed E-state index contributed by atoms with van der Waals surface area (Å²) in [7, 11) is 1.88. The minimum atomic E-state index is 0.643. The lowest BCUT2D eigenvalue weighted by Gasteiger charge is -1.90. The maximum atomic E-state index is 6.29. The molecule has 0 aliphatic rings. The molecule has 18 heavy (non-hydrogen) atoms. The summed E-state index contributed by atoms with van der Waals surface area (Å²) >= 11 is 7.89. The normalized spacial score (nSPS) is 12.2. The van der Waals surface area contributed by atoms with E-state index in [1.54, 1.807) is 22.2 Å². The number of fused-ring (bicyclic) bond motifs is 1. The van der Waals surface area contributed by atoms with Crippen molar-refractivity contribution in [1.29, 1.82) is 0 Å². The molecular weight excluding hydrogens is 266 g/mol. The Kier molecular flexibility index (Phi) is 2.89. The van der Waals surface area contributed by atoms with Crippen LogP contribution in [-0.4, -0.2) is 14.8 Å². The minimum Gasteiger partial charge on any atom is -0.275 e. The SMILES string of the molecule is Cn1cc(C=C(Cl)c2nc3ccccc3s2)cn1. The van der Waals surface area contributed by atoms with Crippen molar-refractivity contribution in [2.45, 2.75) is 0 Å². The molecule has 0 N–H and O–H groups in total. The summed E-state index contributed by atoms with van der Waals surface area (Å²) in [5.74, 6) is 0. The molecule has 3 nitrogen and oxygen atoms in total. The number of nitrogens with zero attached hydrogens (tertiary/aromatic N) is 3. The number of benzene rings is 1. The zero-order valence-corrected chi connectivity index (χ0v) is 11.2. The van der Waals surface area contributed by atoms with Gasteiger partial charge in [0.2, 0.25) is 0 Å². The van der Waals surface area contributed by atoms with E-state index in [2.05, 4.69) is 10.1 Å². The molecule has 0 fully saturated rings. The predicted molar refractivity (Wildman–Crippen MR) is 76.6 cm³/mol. The van der Waals surface area contributed by atoms with Crippen LogP contribution in [0.4, 0.5) is 0 Å². The van der Waals surface area contributed by atoms with Crippen molar-refractivity contribution < 1.29 is 0 Å². The molecule has 5 heteroatoms. The van der Waals surface area contributed by atoms with Gasteiger partial charge in [0.15, 0.2) is 0 Å². The molecule has 2 heterocycles. The average Bonchev–Trinajstić information content (AvgIpc) is 2.95. The Morgan fingerprint density at radius 2 is 2.22 bits per heavy atom. The van der Waals surface area contributed by atoms with Gasteiger partial charge in [0.1, 0.15) is 5.01 Å². The minimum absolute atomic E-state index is 0.643. The second-order valence-electron chi connectivity index (χ2n) is 3.93. The molecule has 0 atom stereocenters. The van der Waals surface area contributed by atoms with Crippen molar-refractivity contribution >= 4 is 44.3 Å². The van der Waals surface area contributed by atoms with E-state index in [9.17, 15) is 0 Å². The van der Waals surface area contributed by atoms with Crippen molar-refractivity contribution in [3.8, 4) is 0 Å². The lowest BCUT2D eigenvalue weighted by molar-refractivity contribution is 0.767. The fraction of sp³-hybridized carbons (Fsp3) is 0.0769. The quantitative estimate of drug-likeness (QED) is 0.713. The molecule has 3 aromatic rings. The van der Waals surface area contributed by atoms with Gasteiger partial charge in [-0.25, -0.2) is 4.98 Å². The number of rotatable bonds is 2. The molecule has 1 aromatic carbocycles. The van der Waals surface area contributed by atoms with Crippen LogP contribution in [0.2, 0.25) is 0 Å². The number of aromatic nitrogens is 3. The van der Waals surface area contributed by atoms with Gasteiger partial charge in [-0.2, -0.15) is 5.10 Å². The van der Waals surface area contributed by atoms with Gasteiger partial charge >= 0.3 is 0 Å². The van der Waals surface area contributed by atoms with Crippen LogP contribution < -0.4 is 0 Å². The number of thiazole rings is 1. The van der Waals surface area contributed by atoms with Crippen LogP contribution in [0.3, 0.4) is 0 Å². The van der Waals surface area contributed by atoms with Gasteiger partial charge in [-0.3, -0.25) is 4.68 Å². The Bertz CT molecular complexity index is 694. The van der Waals surface area contributed by atoms with E-state index in [0.717, 1.165) is 20.8 Å². The molecule has 0 amide bonds. The van der Waals surface area contributed by atoms with Crippen molar-refractivity contribution in [2.24, 2.45) is 7.05 Å². The van der Waals surface area contributed by atoms with Gasteiger partial charge in [0, 0.05) is 18.8 Å². The molecule has 0 spiro atoms. The van der Waals surface area contributed by atoms with Gasteiger partial charge in [0.25, 0.3) is 0 Å². The maximum Gasteiger partial charge on any atom is 0.136 e. The van der Waals surface area contributed by atoms with Crippen molar-refractivity contribution in [2.75, 3.05) is 0 Å². The highest BCUT2D eigenvalue weighted by Gasteiger charge is 2.06. The van der Waals surface area contributed by atoms with Crippen LogP contribution in [-0.2, 0) is 7.05 Å². The summed E-state index contributed by atoms with van der Waals surface area (Å²) in [5, 5.41) is 5.58. The first kappa shape index (κ1) is 11.4. The second-order valence-corrected chi connectivity index (χ2v) is 5.36. The van der Waals surface area contributed by atoms with Crippen LogP contribution in [0, 0.1) is 0 Å². The summed E-state index contributed by atoms with van der Waals surface area (Å²) in [6.45, 7) is 0.